The lowest BCUT2D eigenvalue weighted by Crippen LogP contribution is -2.07. The Hall–Kier alpha value is -2.18. The highest BCUT2D eigenvalue weighted by Crippen LogP contribution is 2.31. The zero-order valence-electron chi connectivity index (χ0n) is 8.75. The Kier molecular flexibility index (Phi) is 3.39. The quantitative estimate of drug-likeness (QED) is 0.579. The number of nitrogens with zero attached hydrogens (tertiary/aromatic N) is 2. The molecule has 0 atom stereocenters. The average Bonchev–Trinajstić information content (AvgIpc) is 2.16. The SMILES string of the molecule is CC(C)Oc1ccc([N+](=O)[O-])cc1[N+](=O)[O-]. The largest absolute Gasteiger partial charge is 0.484 e. The fraction of sp³-hybridized carbons (Fsp3) is 0.333. The van der Waals surface area contributed by atoms with Crippen LogP contribution in [0.15, 0.2) is 18.2 Å². The molecule has 1 aromatic carbocycles. The number of nitro groups is 2. The first-order chi connectivity index (χ1) is 7.41. The number of benzene rings is 1. The van der Waals surface area contributed by atoms with E-state index in [0.717, 1.165) is 6.07 Å². The predicted molar refractivity (Wildman–Crippen MR) is 55.5 cm³/mol. The van der Waals surface area contributed by atoms with Crippen molar-refractivity contribution in [3.63, 3.8) is 0 Å². The summed E-state index contributed by atoms with van der Waals surface area (Å²) in [5.74, 6) is 0.0330. The molecule has 1 aromatic rings. The van der Waals surface area contributed by atoms with Gasteiger partial charge in [0.15, 0.2) is 5.75 Å². The van der Waals surface area contributed by atoms with Crippen LogP contribution in [0.2, 0.25) is 0 Å². The number of nitro benzene ring substituents is 2. The van der Waals surface area contributed by atoms with Gasteiger partial charge in [-0.3, -0.25) is 20.2 Å². The highest BCUT2D eigenvalue weighted by molar-refractivity contribution is 5.53. The second-order valence-electron chi connectivity index (χ2n) is 3.33. The Labute approximate surface area is 90.9 Å². The molecular formula is C9H10N2O5. The smallest absolute Gasteiger partial charge is 0.317 e. The van der Waals surface area contributed by atoms with E-state index in [0.29, 0.717) is 0 Å². The van der Waals surface area contributed by atoms with E-state index in [1.807, 2.05) is 0 Å². The summed E-state index contributed by atoms with van der Waals surface area (Å²) in [6.07, 6.45) is -0.236. The van der Waals surface area contributed by atoms with Crippen LogP contribution < -0.4 is 4.74 Å². The van der Waals surface area contributed by atoms with Crippen LogP contribution in [0.1, 0.15) is 13.8 Å². The molecular weight excluding hydrogens is 216 g/mol. The summed E-state index contributed by atoms with van der Waals surface area (Å²) < 4.78 is 5.18. The molecule has 0 spiro atoms. The molecule has 0 heterocycles. The number of ether oxygens (including phenoxy) is 1. The van der Waals surface area contributed by atoms with Crippen LogP contribution in [0.5, 0.6) is 5.75 Å². The topological polar surface area (TPSA) is 95.5 Å². The van der Waals surface area contributed by atoms with Crippen LogP contribution in [-0.2, 0) is 0 Å². The highest BCUT2D eigenvalue weighted by Gasteiger charge is 2.21. The fourth-order valence-electron chi connectivity index (χ4n) is 1.12. The summed E-state index contributed by atoms with van der Waals surface area (Å²) in [6, 6.07) is 3.29. The van der Waals surface area contributed by atoms with Gasteiger partial charge in [-0.2, -0.15) is 0 Å². The van der Waals surface area contributed by atoms with E-state index in [2.05, 4.69) is 0 Å². The third-order valence-electron chi connectivity index (χ3n) is 1.71. The maximum Gasteiger partial charge on any atom is 0.317 e. The van der Waals surface area contributed by atoms with Crippen LogP contribution in [-0.4, -0.2) is 16.0 Å². The summed E-state index contributed by atoms with van der Waals surface area (Å²) in [6.45, 7) is 3.43. The maximum absolute atomic E-state index is 10.7. The molecule has 0 bridgehead atoms. The summed E-state index contributed by atoms with van der Waals surface area (Å²) in [5, 5.41) is 21.1. The van der Waals surface area contributed by atoms with Gasteiger partial charge in [-0.25, -0.2) is 0 Å². The van der Waals surface area contributed by atoms with Gasteiger partial charge >= 0.3 is 5.69 Å². The molecule has 0 aliphatic carbocycles. The van der Waals surface area contributed by atoms with Gasteiger partial charge in [0.25, 0.3) is 5.69 Å². The summed E-state index contributed by atoms with van der Waals surface area (Å²) in [5.41, 5.74) is -0.731. The van der Waals surface area contributed by atoms with Crippen LogP contribution in [0.25, 0.3) is 0 Å². The Morgan fingerprint density at radius 1 is 1.19 bits per heavy atom. The normalized spacial score (nSPS) is 10.2. The molecule has 7 nitrogen and oxygen atoms in total. The standard InChI is InChI=1S/C9H10N2O5/c1-6(2)16-9-4-3-7(10(12)13)5-8(9)11(14)15/h3-6H,1-2H3. The Morgan fingerprint density at radius 2 is 1.81 bits per heavy atom. The fourth-order valence-corrected chi connectivity index (χ4v) is 1.12. The average molecular weight is 226 g/mol. The van der Waals surface area contributed by atoms with Crippen molar-refractivity contribution in [2.24, 2.45) is 0 Å². The number of non-ortho nitro benzene ring substituents is 1. The molecule has 0 N–H and O–H groups in total. The molecule has 86 valence electrons. The molecule has 7 heteroatoms. The molecule has 0 aromatic heterocycles. The second kappa shape index (κ2) is 4.56. The van der Waals surface area contributed by atoms with E-state index in [4.69, 9.17) is 4.74 Å². The number of hydrogen-bond acceptors (Lipinski definition) is 5. The van der Waals surface area contributed by atoms with Gasteiger partial charge in [0, 0.05) is 6.07 Å². The van der Waals surface area contributed by atoms with E-state index >= 15 is 0 Å². The molecule has 0 aliphatic heterocycles. The van der Waals surface area contributed by atoms with E-state index in [9.17, 15) is 20.2 Å². The second-order valence-corrected chi connectivity index (χ2v) is 3.33. The summed E-state index contributed by atoms with van der Waals surface area (Å²) >= 11 is 0. The minimum Gasteiger partial charge on any atom is -0.484 e. The Balaban J connectivity index is 3.19. The van der Waals surface area contributed by atoms with E-state index in [1.54, 1.807) is 13.8 Å². The van der Waals surface area contributed by atoms with Crippen LogP contribution in [0.4, 0.5) is 11.4 Å². The zero-order valence-corrected chi connectivity index (χ0v) is 8.75. The monoisotopic (exact) mass is 226 g/mol. The first kappa shape index (κ1) is 11.9. The van der Waals surface area contributed by atoms with Crippen molar-refractivity contribution in [1.82, 2.24) is 0 Å². The van der Waals surface area contributed by atoms with Gasteiger partial charge in [-0.15, -0.1) is 0 Å². The molecule has 0 fully saturated rings. The summed E-state index contributed by atoms with van der Waals surface area (Å²) in [7, 11) is 0. The zero-order chi connectivity index (χ0) is 12.3. The van der Waals surface area contributed by atoms with Gasteiger partial charge < -0.3 is 4.74 Å². The molecule has 1 rings (SSSR count). The predicted octanol–water partition coefficient (Wildman–Crippen LogP) is 2.29. The van der Waals surface area contributed by atoms with Crippen molar-refractivity contribution >= 4 is 11.4 Å². The van der Waals surface area contributed by atoms with Crippen LogP contribution >= 0.6 is 0 Å². The van der Waals surface area contributed by atoms with Crippen LogP contribution in [0, 0.1) is 20.2 Å². The van der Waals surface area contributed by atoms with Crippen molar-refractivity contribution in [3.8, 4) is 5.75 Å². The third kappa shape index (κ3) is 2.66. The van der Waals surface area contributed by atoms with Crippen molar-refractivity contribution < 1.29 is 14.6 Å². The lowest BCUT2D eigenvalue weighted by atomic mass is 10.2. The van der Waals surface area contributed by atoms with Gasteiger partial charge in [-0.05, 0) is 19.9 Å². The van der Waals surface area contributed by atoms with Crippen LogP contribution in [0.3, 0.4) is 0 Å². The molecule has 0 amide bonds. The molecule has 0 radical (unpaired) electrons. The molecule has 0 aliphatic rings. The molecule has 0 saturated carbocycles. The highest BCUT2D eigenvalue weighted by atomic mass is 16.6. The van der Waals surface area contributed by atoms with Crippen molar-refractivity contribution in [2.75, 3.05) is 0 Å². The minimum atomic E-state index is -0.704. The number of hydrogen-bond donors (Lipinski definition) is 0. The Morgan fingerprint density at radius 3 is 2.25 bits per heavy atom. The summed E-state index contributed by atoms with van der Waals surface area (Å²) in [4.78, 5) is 19.7. The molecule has 0 unspecified atom stereocenters. The molecule has 0 saturated heterocycles. The van der Waals surface area contributed by atoms with E-state index < -0.39 is 15.5 Å². The lowest BCUT2D eigenvalue weighted by Gasteiger charge is -2.09. The first-order valence-corrected chi connectivity index (χ1v) is 4.51. The lowest BCUT2D eigenvalue weighted by molar-refractivity contribution is -0.394. The van der Waals surface area contributed by atoms with Crippen molar-refractivity contribution in [3.05, 3.63) is 38.4 Å². The maximum atomic E-state index is 10.7. The minimum absolute atomic E-state index is 0.0330. The van der Waals surface area contributed by atoms with E-state index in [-0.39, 0.29) is 17.5 Å². The van der Waals surface area contributed by atoms with Crippen molar-refractivity contribution in [1.29, 1.82) is 0 Å². The van der Waals surface area contributed by atoms with E-state index in [1.165, 1.54) is 12.1 Å². The van der Waals surface area contributed by atoms with Gasteiger partial charge in [0.05, 0.1) is 22.0 Å². The third-order valence-corrected chi connectivity index (χ3v) is 1.71. The Bertz CT molecular complexity index is 430. The van der Waals surface area contributed by atoms with Crippen molar-refractivity contribution in [2.45, 2.75) is 20.0 Å². The number of rotatable bonds is 4. The van der Waals surface area contributed by atoms with Gasteiger partial charge in [0.1, 0.15) is 0 Å². The first-order valence-electron chi connectivity index (χ1n) is 4.51. The van der Waals surface area contributed by atoms with Gasteiger partial charge in [0.2, 0.25) is 0 Å². The molecule has 16 heavy (non-hydrogen) atoms. The van der Waals surface area contributed by atoms with Gasteiger partial charge in [-0.1, -0.05) is 0 Å².